The number of hydrogen-bond acceptors (Lipinski definition) is 4. The van der Waals surface area contributed by atoms with Gasteiger partial charge in [-0.3, -0.25) is 9.59 Å². The third-order valence-corrected chi connectivity index (χ3v) is 5.32. The minimum atomic E-state index is -0.720. The van der Waals surface area contributed by atoms with Gasteiger partial charge in [0.15, 0.2) is 5.52 Å². The molecule has 2 heterocycles. The average Bonchev–Trinajstić information content (AvgIpc) is 3.02. The van der Waals surface area contributed by atoms with Crippen LogP contribution in [0.1, 0.15) is 25.7 Å². The quantitative estimate of drug-likeness (QED) is 0.682. The van der Waals surface area contributed by atoms with E-state index in [9.17, 15) is 9.59 Å². The fourth-order valence-corrected chi connectivity index (χ4v) is 3.63. The summed E-state index contributed by atoms with van der Waals surface area (Å²) in [6.07, 6.45) is 3.96. The van der Waals surface area contributed by atoms with Gasteiger partial charge < -0.3 is 15.7 Å². The number of carboxylic acids is 1. The molecule has 3 N–H and O–H groups in total. The molecular formula is C10H21N2O3P3. The second-order valence-electron chi connectivity index (χ2n) is 4.38. The van der Waals surface area contributed by atoms with E-state index in [1.54, 1.807) is 0 Å². The van der Waals surface area contributed by atoms with Crippen LogP contribution in [0.25, 0.3) is 0 Å². The van der Waals surface area contributed by atoms with E-state index in [-0.39, 0.29) is 12.1 Å². The van der Waals surface area contributed by atoms with Gasteiger partial charge in [0.25, 0.3) is 0 Å². The van der Waals surface area contributed by atoms with Gasteiger partial charge in [-0.15, -0.1) is 0 Å². The molecule has 0 bridgehead atoms. The molecule has 2 saturated heterocycles. The van der Waals surface area contributed by atoms with Crippen molar-refractivity contribution in [2.24, 2.45) is 0 Å². The maximum atomic E-state index is 11.3. The second kappa shape index (κ2) is 8.51. The number of nitrogens with one attached hydrogen (secondary N) is 2. The number of carboxylic acid groups (broad SMARTS) is 1. The molecule has 0 aliphatic carbocycles. The molecule has 4 atom stereocenters. The molecule has 4 unspecified atom stereocenters. The van der Waals surface area contributed by atoms with Crippen LogP contribution >= 0.6 is 25.2 Å². The molecule has 0 spiro atoms. The summed E-state index contributed by atoms with van der Waals surface area (Å²) in [6.45, 7) is 1.87. The molecule has 18 heavy (non-hydrogen) atoms. The van der Waals surface area contributed by atoms with Crippen molar-refractivity contribution in [1.29, 1.82) is 0 Å². The Hall–Kier alpha value is 0.350. The number of hydrogen-bond donors (Lipinski definition) is 3. The molecule has 0 aromatic rings. The van der Waals surface area contributed by atoms with Crippen LogP contribution in [-0.4, -0.2) is 41.8 Å². The summed E-state index contributed by atoms with van der Waals surface area (Å²) in [5, 5.41) is 14.4. The molecule has 0 aromatic heterocycles. The molecular weight excluding hydrogens is 289 g/mol. The molecule has 0 radical (unpaired) electrons. The zero-order chi connectivity index (χ0) is 13.5. The monoisotopic (exact) mass is 310 g/mol. The highest BCUT2D eigenvalue weighted by atomic mass is 32.4. The summed E-state index contributed by atoms with van der Waals surface area (Å²) >= 11 is 0. The molecule has 2 rings (SSSR count). The highest BCUT2D eigenvalue weighted by molar-refractivity contribution is 8.50. The van der Waals surface area contributed by atoms with Gasteiger partial charge in [0.2, 0.25) is 0 Å². The Labute approximate surface area is 113 Å². The van der Waals surface area contributed by atoms with E-state index in [2.05, 4.69) is 28.5 Å². The maximum Gasteiger partial charge on any atom is 0.320 e. The van der Waals surface area contributed by atoms with Crippen molar-refractivity contribution < 1.29 is 14.7 Å². The van der Waals surface area contributed by atoms with Crippen molar-refractivity contribution in [1.82, 2.24) is 10.6 Å². The number of carbonyl (C=O) groups excluding carboxylic acids is 1. The SMILES string of the molecule is O=C(C1CCCN1)P(P)P.O=C(O)C1CCCN1. The van der Waals surface area contributed by atoms with Crippen molar-refractivity contribution in [3.63, 3.8) is 0 Å². The Morgan fingerprint density at radius 3 is 1.83 bits per heavy atom. The molecule has 8 heteroatoms. The van der Waals surface area contributed by atoms with Crippen LogP contribution in [0, 0.1) is 0 Å². The summed E-state index contributed by atoms with van der Waals surface area (Å²) < 4.78 is 0. The van der Waals surface area contributed by atoms with Crippen molar-refractivity contribution in [2.45, 2.75) is 37.8 Å². The van der Waals surface area contributed by atoms with Gasteiger partial charge in [-0.2, -0.15) is 0 Å². The van der Waals surface area contributed by atoms with Crippen LogP contribution in [-0.2, 0) is 9.59 Å². The molecule has 2 fully saturated rings. The van der Waals surface area contributed by atoms with E-state index in [1.165, 1.54) is 0 Å². The first kappa shape index (κ1) is 16.4. The lowest BCUT2D eigenvalue weighted by molar-refractivity contribution is -0.139. The van der Waals surface area contributed by atoms with E-state index in [4.69, 9.17) is 5.11 Å². The van der Waals surface area contributed by atoms with Crippen LogP contribution in [0.2, 0.25) is 0 Å². The van der Waals surface area contributed by atoms with Crippen LogP contribution in [0.15, 0.2) is 0 Å². The minimum absolute atomic E-state index is 0.154. The molecule has 0 amide bonds. The highest BCUT2D eigenvalue weighted by Crippen LogP contribution is 2.54. The van der Waals surface area contributed by atoms with Gasteiger partial charge in [0, 0.05) is 7.30 Å². The molecule has 104 valence electrons. The molecule has 0 saturated carbocycles. The van der Waals surface area contributed by atoms with Gasteiger partial charge in [-0.1, -0.05) is 17.9 Å². The van der Waals surface area contributed by atoms with Gasteiger partial charge in [0.1, 0.15) is 6.04 Å². The van der Waals surface area contributed by atoms with Crippen molar-refractivity contribution in [3.8, 4) is 0 Å². The third-order valence-electron chi connectivity index (χ3n) is 2.97. The first-order valence-corrected chi connectivity index (χ1v) is 10.6. The smallest absolute Gasteiger partial charge is 0.320 e. The minimum Gasteiger partial charge on any atom is -0.480 e. The highest BCUT2D eigenvalue weighted by Gasteiger charge is 2.23. The predicted molar refractivity (Wildman–Crippen MR) is 81.0 cm³/mol. The van der Waals surface area contributed by atoms with Crippen LogP contribution < -0.4 is 10.6 Å². The Morgan fingerprint density at radius 1 is 1.06 bits per heavy atom. The lowest BCUT2D eigenvalue weighted by atomic mass is 10.2. The number of carbonyl (C=O) groups is 2. The standard InChI is InChI=1S/C5H9NO2.C5H12NOP3/c7-5(8)4-2-1-3-6-4;7-5(10(8)9)4-2-1-3-6-4/h4,6H,1-3H2,(H,7,8);4,6H,1-3,8-9H2. The zero-order valence-corrected chi connectivity index (χ0v) is 13.5. The van der Waals surface area contributed by atoms with E-state index in [0.717, 1.165) is 38.8 Å². The van der Waals surface area contributed by atoms with Crippen LogP contribution in [0.3, 0.4) is 0 Å². The topological polar surface area (TPSA) is 78.4 Å². The Bertz CT molecular complexity index is 290. The largest absolute Gasteiger partial charge is 0.480 e. The van der Waals surface area contributed by atoms with Crippen molar-refractivity contribution in [3.05, 3.63) is 0 Å². The Balaban J connectivity index is 0.000000184. The third kappa shape index (κ3) is 5.55. The van der Waals surface area contributed by atoms with E-state index in [0.29, 0.717) is 5.52 Å². The predicted octanol–water partition coefficient (Wildman–Crippen LogP) is 1.15. The first-order valence-electron chi connectivity index (χ1n) is 6.05. The summed E-state index contributed by atoms with van der Waals surface area (Å²) in [6, 6.07) is -0.115. The second-order valence-corrected chi connectivity index (χ2v) is 10.8. The summed E-state index contributed by atoms with van der Waals surface area (Å²) in [7, 11) is 4.59. The maximum absolute atomic E-state index is 11.3. The van der Waals surface area contributed by atoms with Gasteiger partial charge in [0.05, 0.1) is 6.04 Å². The number of rotatable bonds is 3. The summed E-state index contributed by atoms with van der Waals surface area (Å²) in [4.78, 5) is 21.4. The molecule has 2 aliphatic heterocycles. The first-order chi connectivity index (χ1) is 8.52. The van der Waals surface area contributed by atoms with E-state index < -0.39 is 13.3 Å². The Morgan fingerprint density at radius 2 is 1.56 bits per heavy atom. The Kier molecular flexibility index (Phi) is 7.75. The average molecular weight is 310 g/mol. The van der Waals surface area contributed by atoms with E-state index in [1.807, 2.05) is 0 Å². The van der Waals surface area contributed by atoms with Crippen molar-refractivity contribution in [2.75, 3.05) is 13.1 Å². The lowest BCUT2D eigenvalue weighted by Crippen LogP contribution is -2.29. The molecule has 0 aromatic carbocycles. The lowest BCUT2D eigenvalue weighted by Gasteiger charge is -2.10. The summed E-state index contributed by atoms with van der Waals surface area (Å²) in [5.74, 6) is -0.720. The van der Waals surface area contributed by atoms with Gasteiger partial charge in [-0.05, 0) is 38.8 Å². The fourth-order valence-electron chi connectivity index (χ4n) is 1.97. The number of aliphatic carboxylic acids is 1. The van der Waals surface area contributed by atoms with Crippen LogP contribution in [0.5, 0.6) is 0 Å². The van der Waals surface area contributed by atoms with Gasteiger partial charge >= 0.3 is 5.97 Å². The summed E-state index contributed by atoms with van der Waals surface area (Å²) in [5.41, 5.74) is 0.363. The van der Waals surface area contributed by atoms with Gasteiger partial charge in [-0.25, -0.2) is 0 Å². The molecule has 2 aliphatic rings. The zero-order valence-electron chi connectivity index (χ0n) is 10.3. The van der Waals surface area contributed by atoms with Crippen molar-refractivity contribution >= 4 is 36.6 Å². The van der Waals surface area contributed by atoms with E-state index >= 15 is 0 Å². The fraction of sp³-hybridized carbons (Fsp3) is 0.800. The van der Waals surface area contributed by atoms with Crippen LogP contribution in [0.4, 0.5) is 0 Å². The molecule has 5 nitrogen and oxygen atoms in total. The normalized spacial score (nSPS) is 26.8.